The Morgan fingerprint density at radius 2 is 1.88 bits per heavy atom. The van der Waals surface area contributed by atoms with Crippen LogP contribution in [-0.4, -0.2) is 11.3 Å². The van der Waals surface area contributed by atoms with E-state index in [0.717, 1.165) is 3.70 Å². The Hall–Kier alpha value is -1.05. The topological polar surface area (TPSA) is 22.1 Å². The van der Waals surface area contributed by atoms with Gasteiger partial charge in [-0.05, 0) is 46.9 Å². The summed E-state index contributed by atoms with van der Waals surface area (Å²) in [4.78, 5) is 4.16. The highest BCUT2D eigenvalue weighted by Gasteiger charge is 2.31. The Labute approximate surface area is 103 Å². The summed E-state index contributed by atoms with van der Waals surface area (Å²) >= 11 is 2.04. The van der Waals surface area contributed by atoms with Crippen molar-refractivity contribution in [3.05, 3.63) is 34.0 Å². The number of nitrogens with zero attached hydrogens (tertiary/aromatic N) is 1. The summed E-state index contributed by atoms with van der Waals surface area (Å²) in [6.45, 7) is 0. The molecule has 84 valence electrons. The van der Waals surface area contributed by atoms with Crippen molar-refractivity contribution in [2.75, 3.05) is 0 Å². The average molecular weight is 339 g/mol. The minimum absolute atomic E-state index is 0.233. The molecule has 1 aromatic heterocycles. The van der Waals surface area contributed by atoms with Gasteiger partial charge >= 0.3 is 6.36 Å². The predicted molar refractivity (Wildman–Crippen MR) is 61.1 cm³/mol. The third-order valence-corrected chi connectivity index (χ3v) is 2.46. The molecule has 0 unspecified atom stereocenters. The van der Waals surface area contributed by atoms with Crippen molar-refractivity contribution in [3.63, 3.8) is 0 Å². The van der Waals surface area contributed by atoms with E-state index in [9.17, 15) is 13.2 Å². The van der Waals surface area contributed by atoms with E-state index in [-0.39, 0.29) is 5.75 Å². The molecule has 0 saturated carbocycles. The number of hydrogen-bond acceptors (Lipinski definition) is 2. The smallest absolute Gasteiger partial charge is 0.406 e. The SMILES string of the molecule is FC(F)(F)Oc1ccc2nc(I)ccc2c1. The number of pyridine rings is 1. The van der Waals surface area contributed by atoms with E-state index in [1.54, 1.807) is 12.1 Å². The molecule has 0 aliphatic rings. The van der Waals surface area contributed by atoms with Gasteiger partial charge in [-0.3, -0.25) is 0 Å². The van der Waals surface area contributed by atoms with E-state index in [1.165, 1.54) is 18.2 Å². The van der Waals surface area contributed by atoms with Gasteiger partial charge < -0.3 is 4.74 Å². The van der Waals surface area contributed by atoms with Gasteiger partial charge in [-0.15, -0.1) is 13.2 Å². The van der Waals surface area contributed by atoms with Gasteiger partial charge in [-0.1, -0.05) is 6.07 Å². The lowest BCUT2D eigenvalue weighted by Crippen LogP contribution is -2.17. The summed E-state index contributed by atoms with van der Waals surface area (Å²) in [5, 5.41) is 0.613. The number of alkyl halides is 3. The van der Waals surface area contributed by atoms with Crippen LogP contribution >= 0.6 is 22.6 Å². The molecule has 2 nitrogen and oxygen atoms in total. The summed E-state index contributed by atoms with van der Waals surface area (Å²) in [5.74, 6) is -0.233. The molecule has 0 saturated heterocycles. The Kier molecular flexibility index (Phi) is 2.92. The molecule has 1 heterocycles. The second-order valence-electron chi connectivity index (χ2n) is 3.04. The standard InChI is InChI=1S/C10H5F3INO/c11-10(12,13)16-7-2-3-8-6(5-7)1-4-9(14)15-8/h1-5H. The molecule has 0 N–H and O–H groups in total. The molecule has 0 aliphatic carbocycles. The van der Waals surface area contributed by atoms with Gasteiger partial charge in [0.2, 0.25) is 0 Å². The van der Waals surface area contributed by atoms with Gasteiger partial charge in [-0.25, -0.2) is 4.98 Å². The second-order valence-corrected chi connectivity index (χ2v) is 4.14. The minimum Gasteiger partial charge on any atom is -0.406 e. The van der Waals surface area contributed by atoms with Gasteiger partial charge in [0.15, 0.2) is 0 Å². The molecule has 6 heteroatoms. The van der Waals surface area contributed by atoms with Crippen molar-refractivity contribution < 1.29 is 17.9 Å². The molecule has 0 bridgehead atoms. The summed E-state index contributed by atoms with van der Waals surface area (Å²) < 4.78 is 40.5. The van der Waals surface area contributed by atoms with Crippen LogP contribution in [0.2, 0.25) is 0 Å². The van der Waals surface area contributed by atoms with Gasteiger partial charge in [0.1, 0.15) is 9.45 Å². The van der Waals surface area contributed by atoms with Gasteiger partial charge in [0, 0.05) is 5.39 Å². The molecule has 2 rings (SSSR count). The van der Waals surface area contributed by atoms with E-state index in [1.807, 2.05) is 22.6 Å². The zero-order valence-corrected chi connectivity index (χ0v) is 9.91. The maximum absolute atomic E-state index is 12.0. The molecule has 16 heavy (non-hydrogen) atoms. The van der Waals surface area contributed by atoms with Crippen LogP contribution in [-0.2, 0) is 0 Å². The summed E-state index contributed by atoms with van der Waals surface area (Å²) in [7, 11) is 0. The van der Waals surface area contributed by atoms with Crippen molar-refractivity contribution >= 4 is 33.5 Å². The van der Waals surface area contributed by atoms with Crippen LogP contribution in [0.5, 0.6) is 5.75 Å². The maximum atomic E-state index is 12.0. The highest BCUT2D eigenvalue weighted by Crippen LogP contribution is 2.26. The number of fused-ring (bicyclic) bond motifs is 1. The lowest BCUT2D eigenvalue weighted by molar-refractivity contribution is -0.274. The highest BCUT2D eigenvalue weighted by molar-refractivity contribution is 14.1. The molecule has 0 radical (unpaired) electrons. The summed E-state index contributed by atoms with van der Waals surface area (Å²) in [6, 6.07) is 7.48. The largest absolute Gasteiger partial charge is 0.573 e. The molecule has 0 fully saturated rings. The minimum atomic E-state index is -4.66. The Balaban J connectivity index is 2.41. The normalized spacial score (nSPS) is 11.8. The fourth-order valence-corrected chi connectivity index (χ4v) is 1.72. The Bertz CT molecular complexity index is 527. The number of aromatic nitrogens is 1. The summed E-state index contributed by atoms with van der Waals surface area (Å²) in [5.41, 5.74) is 0.640. The Morgan fingerprint density at radius 1 is 1.12 bits per heavy atom. The van der Waals surface area contributed by atoms with E-state index in [2.05, 4.69) is 9.72 Å². The monoisotopic (exact) mass is 339 g/mol. The number of ether oxygens (including phenoxy) is 1. The van der Waals surface area contributed by atoms with E-state index in [4.69, 9.17) is 0 Å². The van der Waals surface area contributed by atoms with Crippen LogP contribution in [0.25, 0.3) is 10.9 Å². The first-order valence-corrected chi connectivity index (χ1v) is 5.34. The average Bonchev–Trinajstić information content (AvgIpc) is 2.16. The third-order valence-electron chi connectivity index (χ3n) is 1.86. The van der Waals surface area contributed by atoms with Crippen LogP contribution in [0.3, 0.4) is 0 Å². The molecule has 0 amide bonds. The van der Waals surface area contributed by atoms with Crippen molar-refractivity contribution in [2.45, 2.75) is 6.36 Å². The molecular formula is C10H5F3INO. The van der Waals surface area contributed by atoms with Crippen molar-refractivity contribution in [1.82, 2.24) is 4.98 Å². The van der Waals surface area contributed by atoms with Crippen LogP contribution in [0, 0.1) is 3.70 Å². The van der Waals surface area contributed by atoms with Gasteiger partial charge in [0.25, 0.3) is 0 Å². The maximum Gasteiger partial charge on any atom is 0.573 e. The van der Waals surface area contributed by atoms with Crippen molar-refractivity contribution in [2.24, 2.45) is 0 Å². The first-order chi connectivity index (χ1) is 7.44. The van der Waals surface area contributed by atoms with Crippen LogP contribution < -0.4 is 4.74 Å². The fraction of sp³-hybridized carbons (Fsp3) is 0.100. The highest BCUT2D eigenvalue weighted by atomic mass is 127. The van der Waals surface area contributed by atoms with Crippen LogP contribution in [0.1, 0.15) is 0 Å². The Morgan fingerprint density at radius 3 is 2.56 bits per heavy atom. The zero-order chi connectivity index (χ0) is 11.8. The fourth-order valence-electron chi connectivity index (χ4n) is 1.28. The van der Waals surface area contributed by atoms with Crippen molar-refractivity contribution in [1.29, 1.82) is 0 Å². The zero-order valence-electron chi connectivity index (χ0n) is 7.75. The molecule has 2 aromatic rings. The van der Waals surface area contributed by atoms with E-state index < -0.39 is 6.36 Å². The third kappa shape index (κ3) is 2.75. The lowest BCUT2D eigenvalue weighted by Gasteiger charge is -2.09. The predicted octanol–water partition coefficient (Wildman–Crippen LogP) is 3.74. The summed E-state index contributed by atoms with van der Waals surface area (Å²) in [6.07, 6.45) is -4.66. The number of benzene rings is 1. The van der Waals surface area contributed by atoms with Crippen molar-refractivity contribution in [3.8, 4) is 5.75 Å². The molecular weight excluding hydrogens is 334 g/mol. The number of rotatable bonds is 1. The second kappa shape index (κ2) is 4.08. The van der Waals surface area contributed by atoms with Crippen LogP contribution in [0.15, 0.2) is 30.3 Å². The van der Waals surface area contributed by atoms with E-state index in [0.29, 0.717) is 10.9 Å². The van der Waals surface area contributed by atoms with Crippen LogP contribution in [0.4, 0.5) is 13.2 Å². The molecule has 1 aromatic carbocycles. The first kappa shape index (κ1) is 11.4. The van der Waals surface area contributed by atoms with Gasteiger partial charge in [-0.2, -0.15) is 0 Å². The van der Waals surface area contributed by atoms with Gasteiger partial charge in [0.05, 0.1) is 5.52 Å². The number of halogens is 4. The van der Waals surface area contributed by atoms with E-state index >= 15 is 0 Å². The molecule has 0 aliphatic heterocycles. The quantitative estimate of drug-likeness (QED) is 0.583. The molecule has 0 spiro atoms. The number of hydrogen-bond donors (Lipinski definition) is 0. The first-order valence-electron chi connectivity index (χ1n) is 4.26. The molecule has 0 atom stereocenters. The lowest BCUT2D eigenvalue weighted by atomic mass is 10.2.